The highest BCUT2D eigenvalue weighted by atomic mass is 32.2. The highest BCUT2D eigenvalue weighted by Gasteiger charge is 2.25. The molecule has 0 aliphatic carbocycles. The van der Waals surface area contributed by atoms with Crippen LogP contribution in [0.5, 0.6) is 0 Å². The molecule has 1 heterocycles. The van der Waals surface area contributed by atoms with Crippen LogP contribution in [0.4, 0.5) is 0 Å². The topological polar surface area (TPSA) is 70.2 Å². The van der Waals surface area contributed by atoms with Crippen molar-refractivity contribution in [3.63, 3.8) is 0 Å². The van der Waals surface area contributed by atoms with Crippen LogP contribution in [0.25, 0.3) is 0 Å². The lowest BCUT2D eigenvalue weighted by Crippen LogP contribution is -2.36. The van der Waals surface area contributed by atoms with Gasteiger partial charge in [-0.2, -0.15) is 4.31 Å². The van der Waals surface area contributed by atoms with Gasteiger partial charge in [-0.1, -0.05) is 13.8 Å². The van der Waals surface area contributed by atoms with E-state index in [0.717, 1.165) is 12.8 Å². The van der Waals surface area contributed by atoms with E-state index in [9.17, 15) is 13.2 Å². The summed E-state index contributed by atoms with van der Waals surface area (Å²) in [6.07, 6.45) is 2.75. The first-order valence-electron chi connectivity index (χ1n) is 5.60. The molecule has 0 atom stereocenters. The molecule has 1 aromatic heterocycles. The Hall–Kier alpha value is -1.14. The van der Waals surface area contributed by atoms with Crippen LogP contribution in [-0.4, -0.2) is 30.8 Å². The third-order valence-electron chi connectivity index (χ3n) is 2.89. The third kappa shape index (κ3) is 2.95. The molecule has 17 heavy (non-hydrogen) atoms. The molecule has 0 saturated carbocycles. The maximum atomic E-state index is 12.2. The molecule has 0 saturated heterocycles. The van der Waals surface area contributed by atoms with Crippen LogP contribution >= 0.6 is 0 Å². The summed E-state index contributed by atoms with van der Waals surface area (Å²) in [5, 5.41) is 0. The second kappa shape index (κ2) is 5.46. The predicted octanol–water partition coefficient (Wildman–Crippen LogP) is 1.18. The number of aromatic nitrogens is 1. The second-order valence-corrected chi connectivity index (χ2v) is 5.88. The number of nitrogens with one attached hydrogen (secondary N) is 1. The molecule has 0 unspecified atom stereocenters. The van der Waals surface area contributed by atoms with Crippen molar-refractivity contribution in [2.75, 3.05) is 7.05 Å². The Balaban J connectivity index is 3.10. The van der Waals surface area contributed by atoms with Crippen molar-refractivity contribution in [1.82, 2.24) is 9.29 Å². The standard InChI is InChI=1S/C11H18N2O3S/c1-4-9(5-2)13(3)17(15,16)10-6-7-11(14)12-8-10/h6-9H,4-5H2,1-3H3,(H,12,14). The summed E-state index contributed by atoms with van der Waals surface area (Å²) in [7, 11) is -1.95. The highest BCUT2D eigenvalue weighted by Crippen LogP contribution is 2.17. The molecule has 0 radical (unpaired) electrons. The fraction of sp³-hybridized carbons (Fsp3) is 0.545. The molecule has 1 rings (SSSR count). The van der Waals surface area contributed by atoms with E-state index in [1.807, 2.05) is 13.8 Å². The lowest BCUT2D eigenvalue weighted by molar-refractivity contribution is 0.349. The van der Waals surface area contributed by atoms with Crippen molar-refractivity contribution in [2.24, 2.45) is 0 Å². The Morgan fingerprint density at radius 2 is 1.88 bits per heavy atom. The van der Waals surface area contributed by atoms with Gasteiger partial charge in [0.15, 0.2) is 0 Å². The van der Waals surface area contributed by atoms with Crippen molar-refractivity contribution in [3.8, 4) is 0 Å². The van der Waals surface area contributed by atoms with E-state index in [1.54, 1.807) is 7.05 Å². The molecule has 0 aromatic carbocycles. The predicted molar refractivity (Wildman–Crippen MR) is 66.4 cm³/mol. The first-order valence-corrected chi connectivity index (χ1v) is 7.04. The summed E-state index contributed by atoms with van der Waals surface area (Å²) < 4.78 is 25.8. The summed E-state index contributed by atoms with van der Waals surface area (Å²) in [5.41, 5.74) is -0.311. The minimum absolute atomic E-state index is 0.0214. The van der Waals surface area contributed by atoms with Crippen molar-refractivity contribution in [2.45, 2.75) is 37.6 Å². The number of hydrogen-bond donors (Lipinski definition) is 1. The lowest BCUT2D eigenvalue weighted by atomic mass is 10.2. The van der Waals surface area contributed by atoms with Gasteiger partial charge >= 0.3 is 0 Å². The summed E-state index contributed by atoms with van der Waals surface area (Å²) in [5.74, 6) is 0. The van der Waals surface area contributed by atoms with Crippen LogP contribution in [0.3, 0.4) is 0 Å². The van der Waals surface area contributed by atoms with Crippen LogP contribution in [0.15, 0.2) is 28.0 Å². The Kier molecular flexibility index (Phi) is 4.47. The third-order valence-corrected chi connectivity index (χ3v) is 4.80. The number of sulfonamides is 1. The van der Waals surface area contributed by atoms with Gasteiger partial charge in [-0.15, -0.1) is 0 Å². The van der Waals surface area contributed by atoms with Gasteiger partial charge in [0.1, 0.15) is 0 Å². The molecule has 0 spiro atoms. The van der Waals surface area contributed by atoms with Gasteiger partial charge in [-0.3, -0.25) is 4.79 Å². The molecule has 0 aliphatic heterocycles. The average molecular weight is 258 g/mol. The molecule has 0 fully saturated rings. The minimum atomic E-state index is -3.52. The summed E-state index contributed by atoms with van der Waals surface area (Å²) in [6, 6.07) is 2.52. The normalized spacial score (nSPS) is 12.3. The van der Waals surface area contributed by atoms with Crippen molar-refractivity contribution >= 4 is 10.0 Å². The molecule has 0 amide bonds. The van der Waals surface area contributed by atoms with Gasteiger partial charge in [-0.25, -0.2) is 8.42 Å². The Labute approximate surface area is 102 Å². The molecular weight excluding hydrogens is 240 g/mol. The van der Waals surface area contributed by atoms with E-state index in [0.29, 0.717) is 0 Å². The van der Waals surface area contributed by atoms with Gasteiger partial charge < -0.3 is 4.98 Å². The molecule has 6 heteroatoms. The van der Waals surface area contributed by atoms with E-state index >= 15 is 0 Å². The Bertz CT molecular complexity index is 497. The lowest BCUT2D eigenvalue weighted by Gasteiger charge is -2.25. The van der Waals surface area contributed by atoms with Gasteiger partial charge in [0.25, 0.3) is 0 Å². The average Bonchev–Trinajstić information content (AvgIpc) is 2.31. The Morgan fingerprint density at radius 1 is 1.29 bits per heavy atom. The molecule has 0 bridgehead atoms. The quantitative estimate of drug-likeness (QED) is 0.862. The zero-order chi connectivity index (χ0) is 13.1. The first-order chi connectivity index (χ1) is 7.93. The van der Waals surface area contributed by atoms with Gasteiger partial charge in [0.2, 0.25) is 15.6 Å². The fourth-order valence-electron chi connectivity index (χ4n) is 1.72. The SMILES string of the molecule is CCC(CC)N(C)S(=O)(=O)c1ccc(=O)[nH]c1. The molecule has 1 N–H and O–H groups in total. The van der Waals surface area contributed by atoms with Crippen molar-refractivity contribution in [3.05, 3.63) is 28.7 Å². The van der Waals surface area contributed by atoms with Crippen LogP contribution < -0.4 is 5.56 Å². The van der Waals surface area contributed by atoms with Crippen molar-refractivity contribution in [1.29, 1.82) is 0 Å². The van der Waals surface area contributed by atoms with Gasteiger partial charge in [-0.05, 0) is 18.9 Å². The number of aromatic amines is 1. The van der Waals surface area contributed by atoms with E-state index in [2.05, 4.69) is 4.98 Å². The monoisotopic (exact) mass is 258 g/mol. The molecule has 1 aromatic rings. The number of H-pyrrole nitrogens is 1. The summed E-state index contributed by atoms with van der Waals surface area (Å²) in [6.45, 7) is 3.90. The molecular formula is C11H18N2O3S. The molecule has 0 aliphatic rings. The summed E-state index contributed by atoms with van der Waals surface area (Å²) in [4.78, 5) is 13.4. The summed E-state index contributed by atoms with van der Waals surface area (Å²) >= 11 is 0. The highest BCUT2D eigenvalue weighted by molar-refractivity contribution is 7.89. The van der Waals surface area contributed by atoms with Gasteiger partial charge in [0.05, 0.1) is 4.90 Å². The van der Waals surface area contributed by atoms with Gasteiger partial charge in [0, 0.05) is 25.4 Å². The van der Waals surface area contributed by atoms with Crippen LogP contribution in [-0.2, 0) is 10.0 Å². The van der Waals surface area contributed by atoms with E-state index < -0.39 is 10.0 Å². The smallest absolute Gasteiger partial charge is 0.247 e. The maximum Gasteiger partial charge on any atom is 0.247 e. The maximum absolute atomic E-state index is 12.2. The van der Waals surface area contributed by atoms with E-state index in [-0.39, 0.29) is 16.5 Å². The first kappa shape index (κ1) is 13.9. The van der Waals surface area contributed by atoms with Crippen LogP contribution in [0.1, 0.15) is 26.7 Å². The fourth-order valence-corrected chi connectivity index (χ4v) is 3.19. The van der Waals surface area contributed by atoms with Crippen molar-refractivity contribution < 1.29 is 8.42 Å². The second-order valence-electron chi connectivity index (χ2n) is 3.88. The largest absolute Gasteiger partial charge is 0.328 e. The number of hydrogen-bond acceptors (Lipinski definition) is 3. The zero-order valence-electron chi connectivity index (χ0n) is 10.3. The molecule has 5 nitrogen and oxygen atoms in total. The molecule has 96 valence electrons. The minimum Gasteiger partial charge on any atom is -0.328 e. The van der Waals surface area contributed by atoms with Crippen LogP contribution in [0.2, 0.25) is 0 Å². The van der Waals surface area contributed by atoms with E-state index in [1.165, 1.54) is 22.6 Å². The number of nitrogens with zero attached hydrogens (tertiary/aromatic N) is 1. The Morgan fingerprint density at radius 3 is 2.29 bits per heavy atom. The number of pyridine rings is 1. The van der Waals surface area contributed by atoms with E-state index in [4.69, 9.17) is 0 Å². The zero-order valence-corrected chi connectivity index (χ0v) is 11.1. The van der Waals surface area contributed by atoms with Crippen LogP contribution in [0, 0.1) is 0 Å². The number of rotatable bonds is 5.